The van der Waals surface area contributed by atoms with Crippen LogP contribution in [0.25, 0.3) is 15.5 Å². The van der Waals surface area contributed by atoms with Gasteiger partial charge in [0.05, 0.1) is 0 Å². The molecule has 4 aromatic rings. The summed E-state index contributed by atoms with van der Waals surface area (Å²) < 4.78 is 7.16. The Morgan fingerprint density at radius 1 is 1.22 bits per heavy atom. The Hall–Kier alpha value is -3.26. The molecule has 0 spiro atoms. The number of carbonyl (C=O) groups is 1. The van der Waals surface area contributed by atoms with Crippen molar-refractivity contribution in [2.75, 3.05) is 6.61 Å². The molecule has 0 saturated carbocycles. The molecule has 1 amide bonds. The number of aryl methyl sites for hydroxylation is 1. The lowest BCUT2D eigenvalue weighted by molar-refractivity contribution is -0.123. The number of benzene rings is 2. The van der Waals surface area contributed by atoms with E-state index in [4.69, 9.17) is 4.74 Å². The zero-order valence-electron chi connectivity index (χ0n) is 14.6. The van der Waals surface area contributed by atoms with Gasteiger partial charge >= 0.3 is 0 Å². The van der Waals surface area contributed by atoms with E-state index in [0.717, 1.165) is 26.7 Å². The summed E-state index contributed by atoms with van der Waals surface area (Å²) in [4.78, 5) is 12.7. The van der Waals surface area contributed by atoms with Gasteiger partial charge in [-0.3, -0.25) is 4.79 Å². The Labute approximate surface area is 159 Å². The third kappa shape index (κ3) is 4.12. The fourth-order valence-electron chi connectivity index (χ4n) is 2.55. The van der Waals surface area contributed by atoms with E-state index in [0.29, 0.717) is 12.3 Å². The molecule has 0 aliphatic heterocycles. The van der Waals surface area contributed by atoms with E-state index in [1.165, 1.54) is 11.3 Å². The molecule has 0 bridgehead atoms. The second kappa shape index (κ2) is 7.55. The Bertz CT molecular complexity index is 1040. The number of aromatic nitrogens is 4. The fraction of sp³-hybridized carbons (Fsp3) is 0.158. The van der Waals surface area contributed by atoms with Gasteiger partial charge in [-0.1, -0.05) is 47.7 Å². The number of hydrogen-bond donors (Lipinski definition) is 1. The summed E-state index contributed by atoms with van der Waals surface area (Å²) in [5.41, 5.74) is 3.10. The Morgan fingerprint density at radius 2 is 2.07 bits per heavy atom. The highest BCUT2D eigenvalue weighted by molar-refractivity contribution is 7.19. The van der Waals surface area contributed by atoms with E-state index < -0.39 is 0 Å². The number of ether oxygens (including phenoxy) is 1. The first kappa shape index (κ1) is 17.2. The number of rotatable bonds is 6. The van der Waals surface area contributed by atoms with E-state index in [2.05, 4.69) is 20.6 Å². The number of carbonyl (C=O) groups excluding carboxylic acids is 1. The molecule has 0 fully saturated rings. The summed E-state index contributed by atoms with van der Waals surface area (Å²) >= 11 is 1.48. The van der Waals surface area contributed by atoms with Crippen LogP contribution in [0.4, 0.5) is 0 Å². The molecule has 0 radical (unpaired) electrons. The standard InChI is InChI=1S/C19H17N5O2S/c1-13-3-2-4-16(9-13)26-11-17(25)20-10-14-5-7-15(8-6-14)18-23-24-12-21-22-19(24)27-18/h2-9,12H,10-11H2,1H3,(H,20,25). The van der Waals surface area contributed by atoms with Crippen LogP contribution in [0, 0.1) is 6.92 Å². The van der Waals surface area contributed by atoms with Crippen LogP contribution in [0.3, 0.4) is 0 Å². The Morgan fingerprint density at radius 3 is 2.85 bits per heavy atom. The lowest BCUT2D eigenvalue weighted by Crippen LogP contribution is -2.28. The van der Waals surface area contributed by atoms with Crippen molar-refractivity contribution >= 4 is 22.2 Å². The number of amides is 1. The molecule has 8 heteroatoms. The van der Waals surface area contributed by atoms with Gasteiger partial charge in [-0.05, 0) is 30.2 Å². The van der Waals surface area contributed by atoms with Crippen molar-refractivity contribution in [1.82, 2.24) is 25.1 Å². The minimum absolute atomic E-state index is 0.00547. The third-order valence-corrected chi connectivity index (χ3v) is 4.90. The van der Waals surface area contributed by atoms with Crippen molar-refractivity contribution in [2.24, 2.45) is 0 Å². The highest BCUT2D eigenvalue weighted by atomic mass is 32.1. The maximum absolute atomic E-state index is 12.0. The molecule has 7 nitrogen and oxygen atoms in total. The molecular formula is C19H17N5O2S. The van der Waals surface area contributed by atoms with E-state index in [-0.39, 0.29) is 12.5 Å². The molecule has 4 rings (SSSR count). The van der Waals surface area contributed by atoms with Gasteiger partial charge < -0.3 is 10.1 Å². The highest BCUT2D eigenvalue weighted by Crippen LogP contribution is 2.24. The maximum atomic E-state index is 12.0. The summed E-state index contributed by atoms with van der Waals surface area (Å²) in [6.45, 7) is 2.42. The third-order valence-electron chi connectivity index (χ3n) is 3.94. The first-order valence-electron chi connectivity index (χ1n) is 8.40. The summed E-state index contributed by atoms with van der Waals surface area (Å²) in [5.74, 6) is 0.536. The molecular weight excluding hydrogens is 362 g/mol. The van der Waals surface area contributed by atoms with Gasteiger partial charge in [-0.25, -0.2) is 0 Å². The molecule has 1 N–H and O–H groups in total. The number of fused-ring (bicyclic) bond motifs is 1. The highest BCUT2D eigenvalue weighted by Gasteiger charge is 2.08. The predicted octanol–water partition coefficient (Wildman–Crippen LogP) is 2.86. The summed E-state index contributed by atoms with van der Waals surface area (Å²) in [6, 6.07) is 15.5. The molecule has 0 aliphatic rings. The lowest BCUT2D eigenvalue weighted by atomic mass is 10.1. The van der Waals surface area contributed by atoms with Crippen molar-refractivity contribution in [3.63, 3.8) is 0 Å². The zero-order chi connectivity index (χ0) is 18.6. The van der Waals surface area contributed by atoms with Gasteiger partial charge in [0.1, 0.15) is 17.1 Å². The predicted molar refractivity (Wildman–Crippen MR) is 103 cm³/mol. The van der Waals surface area contributed by atoms with Crippen molar-refractivity contribution in [2.45, 2.75) is 13.5 Å². The lowest BCUT2D eigenvalue weighted by Gasteiger charge is -2.08. The smallest absolute Gasteiger partial charge is 0.258 e. The van der Waals surface area contributed by atoms with Gasteiger partial charge in [-0.15, -0.1) is 10.2 Å². The van der Waals surface area contributed by atoms with E-state index in [1.54, 1.807) is 10.8 Å². The maximum Gasteiger partial charge on any atom is 0.258 e. The molecule has 0 atom stereocenters. The Kier molecular flexibility index (Phi) is 4.80. The molecule has 0 unspecified atom stereocenters. The number of hydrogen-bond acceptors (Lipinski definition) is 6. The van der Waals surface area contributed by atoms with Crippen LogP contribution in [0.5, 0.6) is 5.75 Å². The van der Waals surface area contributed by atoms with Gasteiger partial charge in [0.2, 0.25) is 4.96 Å². The summed E-state index contributed by atoms with van der Waals surface area (Å²) in [5, 5.41) is 16.0. The first-order valence-corrected chi connectivity index (χ1v) is 9.21. The average Bonchev–Trinajstić information content (AvgIpc) is 3.27. The SMILES string of the molecule is Cc1cccc(OCC(=O)NCc2ccc(-c3nn4cnnc4s3)cc2)c1. The van der Waals surface area contributed by atoms with Crippen LogP contribution in [0.1, 0.15) is 11.1 Å². The monoisotopic (exact) mass is 379 g/mol. The fourth-order valence-corrected chi connectivity index (χ4v) is 3.37. The van der Waals surface area contributed by atoms with Crippen LogP contribution >= 0.6 is 11.3 Å². The van der Waals surface area contributed by atoms with Gasteiger partial charge in [0, 0.05) is 12.1 Å². The van der Waals surface area contributed by atoms with Gasteiger partial charge in [0.25, 0.3) is 5.91 Å². The second-order valence-corrected chi connectivity index (χ2v) is 7.00. The van der Waals surface area contributed by atoms with E-state index in [9.17, 15) is 4.79 Å². The Balaban J connectivity index is 1.30. The van der Waals surface area contributed by atoms with E-state index in [1.807, 2.05) is 55.5 Å². The van der Waals surface area contributed by atoms with Crippen molar-refractivity contribution in [3.05, 3.63) is 66.0 Å². The number of nitrogens with one attached hydrogen (secondary N) is 1. The largest absolute Gasteiger partial charge is 0.484 e. The molecule has 0 aliphatic carbocycles. The molecule has 2 aromatic carbocycles. The van der Waals surface area contributed by atoms with Crippen LogP contribution < -0.4 is 10.1 Å². The first-order chi connectivity index (χ1) is 13.2. The number of nitrogens with zero attached hydrogens (tertiary/aromatic N) is 4. The molecule has 2 aromatic heterocycles. The van der Waals surface area contributed by atoms with Gasteiger partial charge in [-0.2, -0.15) is 9.61 Å². The topological polar surface area (TPSA) is 81.4 Å². The minimum Gasteiger partial charge on any atom is -0.484 e. The van der Waals surface area contributed by atoms with Crippen LogP contribution in [-0.4, -0.2) is 32.3 Å². The minimum atomic E-state index is -0.158. The normalized spacial score (nSPS) is 10.9. The van der Waals surface area contributed by atoms with Gasteiger partial charge in [0.15, 0.2) is 6.61 Å². The molecule has 136 valence electrons. The van der Waals surface area contributed by atoms with Crippen LogP contribution in [-0.2, 0) is 11.3 Å². The second-order valence-electron chi connectivity index (χ2n) is 6.04. The van der Waals surface area contributed by atoms with Crippen LogP contribution in [0.15, 0.2) is 54.9 Å². The quantitative estimate of drug-likeness (QED) is 0.557. The average molecular weight is 379 g/mol. The van der Waals surface area contributed by atoms with Crippen LogP contribution in [0.2, 0.25) is 0 Å². The zero-order valence-corrected chi connectivity index (χ0v) is 15.4. The van der Waals surface area contributed by atoms with E-state index >= 15 is 0 Å². The van der Waals surface area contributed by atoms with Crippen molar-refractivity contribution in [1.29, 1.82) is 0 Å². The molecule has 2 heterocycles. The molecule has 0 saturated heterocycles. The summed E-state index contributed by atoms with van der Waals surface area (Å²) in [7, 11) is 0. The molecule has 27 heavy (non-hydrogen) atoms. The van der Waals surface area contributed by atoms with Crippen molar-refractivity contribution in [3.8, 4) is 16.3 Å². The van der Waals surface area contributed by atoms with Crippen molar-refractivity contribution < 1.29 is 9.53 Å². The summed E-state index contributed by atoms with van der Waals surface area (Å²) in [6.07, 6.45) is 1.58.